The van der Waals surface area contributed by atoms with Crippen molar-refractivity contribution in [3.05, 3.63) is 59.2 Å². The van der Waals surface area contributed by atoms with E-state index in [9.17, 15) is 9.59 Å². The van der Waals surface area contributed by atoms with Gasteiger partial charge in [0, 0.05) is 11.1 Å². The lowest BCUT2D eigenvalue weighted by atomic mass is 9.98. The summed E-state index contributed by atoms with van der Waals surface area (Å²) in [6.45, 7) is 0. The number of aldehydes is 1. The van der Waals surface area contributed by atoms with Crippen LogP contribution in [0.4, 0.5) is 0 Å². The van der Waals surface area contributed by atoms with Crippen LogP contribution >= 0.6 is 0 Å². The van der Waals surface area contributed by atoms with Crippen molar-refractivity contribution in [3.63, 3.8) is 0 Å². The van der Waals surface area contributed by atoms with Gasteiger partial charge in [-0.05, 0) is 18.2 Å². The molecule has 0 aromatic heterocycles. The van der Waals surface area contributed by atoms with Crippen LogP contribution in [0.2, 0.25) is 0 Å². The zero-order valence-electron chi connectivity index (χ0n) is 11.3. The van der Waals surface area contributed by atoms with Crippen LogP contribution in [0.1, 0.15) is 26.3 Å². The summed E-state index contributed by atoms with van der Waals surface area (Å²) in [6.07, 6.45) is 0.649. The summed E-state index contributed by atoms with van der Waals surface area (Å²) in [4.78, 5) is 23.7. The molecule has 0 unspecified atom stereocenters. The summed E-state index contributed by atoms with van der Waals surface area (Å²) < 4.78 is 10.3. The molecule has 2 aromatic carbocycles. The van der Waals surface area contributed by atoms with Gasteiger partial charge in [0.2, 0.25) is 0 Å². The van der Waals surface area contributed by atoms with Crippen LogP contribution < -0.4 is 9.47 Å². The molecule has 0 fully saturated rings. The number of ether oxygens (including phenoxy) is 2. The van der Waals surface area contributed by atoms with Crippen LogP contribution in [0.3, 0.4) is 0 Å². The third-order valence-electron chi connectivity index (χ3n) is 2.96. The molecule has 0 aliphatic heterocycles. The number of benzene rings is 2. The maximum absolute atomic E-state index is 12.6. The average molecular weight is 270 g/mol. The number of hydrogen-bond acceptors (Lipinski definition) is 4. The van der Waals surface area contributed by atoms with Crippen molar-refractivity contribution < 1.29 is 19.1 Å². The second-order valence-corrected chi connectivity index (χ2v) is 4.10. The third-order valence-corrected chi connectivity index (χ3v) is 2.96. The number of carbonyl (C=O) groups is 2. The van der Waals surface area contributed by atoms with Gasteiger partial charge in [-0.1, -0.05) is 24.3 Å². The Balaban J connectivity index is 2.55. The fourth-order valence-electron chi connectivity index (χ4n) is 1.97. The molecule has 0 saturated heterocycles. The van der Waals surface area contributed by atoms with Crippen LogP contribution in [0.25, 0.3) is 0 Å². The normalized spacial score (nSPS) is 9.90. The Morgan fingerprint density at radius 3 is 2.45 bits per heavy atom. The lowest BCUT2D eigenvalue weighted by Crippen LogP contribution is -2.08. The molecule has 102 valence electrons. The molecular formula is C16H14O4. The molecular weight excluding hydrogens is 256 g/mol. The molecule has 0 N–H and O–H groups in total. The highest BCUT2D eigenvalue weighted by Crippen LogP contribution is 2.25. The van der Waals surface area contributed by atoms with Gasteiger partial charge in [0.15, 0.2) is 12.1 Å². The maximum Gasteiger partial charge on any atom is 0.197 e. The Morgan fingerprint density at radius 1 is 1.05 bits per heavy atom. The van der Waals surface area contributed by atoms with Gasteiger partial charge in [-0.15, -0.1) is 0 Å². The van der Waals surface area contributed by atoms with E-state index in [1.807, 2.05) is 0 Å². The van der Waals surface area contributed by atoms with Gasteiger partial charge < -0.3 is 9.47 Å². The van der Waals surface area contributed by atoms with Crippen molar-refractivity contribution >= 4 is 12.1 Å². The van der Waals surface area contributed by atoms with E-state index in [2.05, 4.69) is 0 Å². The first kappa shape index (κ1) is 13.8. The van der Waals surface area contributed by atoms with Crippen LogP contribution in [0.5, 0.6) is 11.5 Å². The quantitative estimate of drug-likeness (QED) is 0.619. The van der Waals surface area contributed by atoms with E-state index in [4.69, 9.17) is 9.47 Å². The van der Waals surface area contributed by atoms with Gasteiger partial charge in [0.05, 0.1) is 19.8 Å². The van der Waals surface area contributed by atoms with E-state index in [0.29, 0.717) is 28.9 Å². The number of ketones is 1. The summed E-state index contributed by atoms with van der Waals surface area (Å²) in [5.41, 5.74) is 1.01. The van der Waals surface area contributed by atoms with Gasteiger partial charge in [-0.3, -0.25) is 9.59 Å². The zero-order valence-corrected chi connectivity index (χ0v) is 11.3. The zero-order chi connectivity index (χ0) is 14.5. The molecule has 0 aliphatic rings. The lowest BCUT2D eigenvalue weighted by Gasteiger charge is -2.10. The fourth-order valence-corrected chi connectivity index (χ4v) is 1.97. The minimum atomic E-state index is -0.275. The topological polar surface area (TPSA) is 52.6 Å². The van der Waals surface area contributed by atoms with E-state index >= 15 is 0 Å². The Bertz CT molecular complexity index is 647. The van der Waals surface area contributed by atoms with E-state index in [1.54, 1.807) is 42.5 Å². The van der Waals surface area contributed by atoms with Crippen molar-refractivity contribution in [2.24, 2.45) is 0 Å². The molecule has 0 atom stereocenters. The van der Waals surface area contributed by atoms with Crippen molar-refractivity contribution in [2.75, 3.05) is 14.2 Å². The molecule has 0 saturated carbocycles. The molecule has 4 heteroatoms. The van der Waals surface area contributed by atoms with Crippen LogP contribution in [-0.4, -0.2) is 26.3 Å². The maximum atomic E-state index is 12.6. The third kappa shape index (κ3) is 2.54. The predicted molar refractivity (Wildman–Crippen MR) is 74.8 cm³/mol. The molecule has 20 heavy (non-hydrogen) atoms. The summed E-state index contributed by atoms with van der Waals surface area (Å²) in [5, 5.41) is 0. The van der Waals surface area contributed by atoms with Gasteiger partial charge in [-0.2, -0.15) is 0 Å². The Kier molecular flexibility index (Phi) is 4.15. The standard InChI is InChI=1S/C16H14O4/c1-19-13-7-3-5-11(9-13)16(18)15-12(10-17)6-4-8-14(15)20-2/h3-10H,1-2H3. The van der Waals surface area contributed by atoms with E-state index in [0.717, 1.165) is 0 Å². The van der Waals surface area contributed by atoms with Crippen molar-refractivity contribution in [3.8, 4) is 11.5 Å². The largest absolute Gasteiger partial charge is 0.497 e. The van der Waals surface area contributed by atoms with Gasteiger partial charge >= 0.3 is 0 Å². The molecule has 2 rings (SSSR count). The monoisotopic (exact) mass is 270 g/mol. The Labute approximate surface area is 116 Å². The van der Waals surface area contributed by atoms with Crippen molar-refractivity contribution in [2.45, 2.75) is 0 Å². The summed E-state index contributed by atoms with van der Waals surface area (Å²) >= 11 is 0. The van der Waals surface area contributed by atoms with Crippen LogP contribution in [0.15, 0.2) is 42.5 Å². The highest BCUT2D eigenvalue weighted by molar-refractivity contribution is 6.14. The van der Waals surface area contributed by atoms with Crippen LogP contribution in [-0.2, 0) is 0 Å². The SMILES string of the molecule is COc1cccc(C(=O)c2c(C=O)cccc2OC)c1. The Hall–Kier alpha value is -2.62. The van der Waals surface area contributed by atoms with E-state index in [-0.39, 0.29) is 11.3 Å². The predicted octanol–water partition coefficient (Wildman–Crippen LogP) is 2.75. The lowest BCUT2D eigenvalue weighted by molar-refractivity contribution is 0.102. The highest BCUT2D eigenvalue weighted by Gasteiger charge is 2.18. The van der Waals surface area contributed by atoms with Gasteiger partial charge in [0.25, 0.3) is 0 Å². The van der Waals surface area contributed by atoms with Crippen molar-refractivity contribution in [1.82, 2.24) is 0 Å². The number of carbonyl (C=O) groups excluding carboxylic acids is 2. The minimum absolute atomic E-state index is 0.262. The molecule has 0 spiro atoms. The van der Waals surface area contributed by atoms with E-state index < -0.39 is 0 Å². The Morgan fingerprint density at radius 2 is 1.80 bits per heavy atom. The number of hydrogen-bond donors (Lipinski definition) is 0. The first-order valence-electron chi connectivity index (χ1n) is 6.02. The molecule has 0 amide bonds. The van der Waals surface area contributed by atoms with E-state index in [1.165, 1.54) is 14.2 Å². The van der Waals surface area contributed by atoms with Crippen molar-refractivity contribution in [1.29, 1.82) is 0 Å². The van der Waals surface area contributed by atoms with Crippen LogP contribution in [0, 0.1) is 0 Å². The molecule has 4 nitrogen and oxygen atoms in total. The minimum Gasteiger partial charge on any atom is -0.497 e. The smallest absolute Gasteiger partial charge is 0.197 e. The molecule has 0 radical (unpaired) electrons. The molecule has 0 aliphatic carbocycles. The average Bonchev–Trinajstić information content (AvgIpc) is 2.53. The summed E-state index contributed by atoms with van der Waals surface area (Å²) in [7, 11) is 3.00. The second-order valence-electron chi connectivity index (χ2n) is 4.10. The first-order chi connectivity index (χ1) is 9.71. The highest BCUT2D eigenvalue weighted by atomic mass is 16.5. The summed E-state index contributed by atoms with van der Waals surface area (Å²) in [5.74, 6) is 0.685. The molecule has 0 bridgehead atoms. The number of methoxy groups -OCH3 is 2. The molecule has 2 aromatic rings. The van der Waals surface area contributed by atoms with Gasteiger partial charge in [0.1, 0.15) is 11.5 Å². The summed E-state index contributed by atoms with van der Waals surface area (Å²) in [6, 6.07) is 11.7. The van der Waals surface area contributed by atoms with Gasteiger partial charge in [-0.25, -0.2) is 0 Å². The second kappa shape index (κ2) is 6.02. The molecule has 0 heterocycles. The number of rotatable bonds is 5. The fraction of sp³-hybridized carbons (Fsp3) is 0.125. The first-order valence-corrected chi connectivity index (χ1v) is 6.02.